The highest BCUT2D eigenvalue weighted by atomic mass is 32.1. The fourth-order valence-electron chi connectivity index (χ4n) is 6.73. The van der Waals surface area contributed by atoms with Crippen LogP contribution in [-0.2, 0) is 0 Å². The molecule has 5 heteroatoms. The van der Waals surface area contributed by atoms with Gasteiger partial charge >= 0.3 is 0 Å². The molecule has 46 heavy (non-hydrogen) atoms. The summed E-state index contributed by atoms with van der Waals surface area (Å²) in [5.74, 6) is 1.86. The van der Waals surface area contributed by atoms with Crippen LogP contribution in [0.25, 0.3) is 97.8 Å². The Balaban J connectivity index is 1.32. The van der Waals surface area contributed by atoms with E-state index >= 15 is 0 Å². The predicted octanol–water partition coefficient (Wildman–Crippen LogP) is 11.4. The summed E-state index contributed by atoms with van der Waals surface area (Å²) in [5, 5.41) is 9.03. The van der Waals surface area contributed by atoms with Crippen molar-refractivity contribution in [3.05, 3.63) is 140 Å². The largest absolute Gasteiger partial charge is 0.455 e. The van der Waals surface area contributed by atoms with Crippen LogP contribution in [0.1, 0.15) is 0 Å². The first-order chi connectivity index (χ1) is 22.8. The van der Waals surface area contributed by atoms with Crippen LogP contribution in [0.5, 0.6) is 0 Å². The van der Waals surface area contributed by atoms with Crippen LogP contribution in [0.2, 0.25) is 0 Å². The molecule has 4 nitrogen and oxygen atoms in total. The Labute approximate surface area is 267 Å². The lowest BCUT2D eigenvalue weighted by atomic mass is 9.99. The first-order valence-corrected chi connectivity index (χ1v) is 16.1. The van der Waals surface area contributed by atoms with Gasteiger partial charge in [0.25, 0.3) is 0 Å². The molecule has 3 heterocycles. The molecule has 0 fully saturated rings. The van der Waals surface area contributed by atoms with E-state index in [1.807, 2.05) is 12.1 Å². The molecule has 214 valence electrons. The van der Waals surface area contributed by atoms with E-state index in [0.717, 1.165) is 59.5 Å². The molecule has 10 rings (SSSR count). The lowest BCUT2D eigenvalue weighted by Gasteiger charge is -2.12. The fraction of sp³-hybridized carbons (Fsp3) is 0. The van der Waals surface area contributed by atoms with Gasteiger partial charge in [0.1, 0.15) is 11.2 Å². The Kier molecular flexibility index (Phi) is 5.41. The Bertz CT molecular complexity index is 2830. The first kappa shape index (κ1) is 25.4. The molecule has 0 atom stereocenters. The van der Waals surface area contributed by atoms with Crippen LogP contribution in [0.4, 0.5) is 0 Å². The summed E-state index contributed by atoms with van der Waals surface area (Å²) in [6.07, 6.45) is 0. The summed E-state index contributed by atoms with van der Waals surface area (Å²) >= 11 is 1.78. The minimum absolute atomic E-state index is 0.590. The zero-order valence-corrected chi connectivity index (χ0v) is 25.3. The predicted molar refractivity (Wildman–Crippen MR) is 191 cm³/mol. The van der Waals surface area contributed by atoms with Crippen LogP contribution in [0.3, 0.4) is 0 Å². The van der Waals surface area contributed by atoms with Crippen LogP contribution in [0, 0.1) is 0 Å². The van der Waals surface area contributed by atoms with Crippen molar-refractivity contribution in [3.8, 4) is 34.2 Å². The molecular formula is C41H23N3OS. The third-order valence-corrected chi connectivity index (χ3v) is 10.1. The number of para-hydroxylation sites is 1. The highest BCUT2D eigenvalue weighted by molar-refractivity contribution is 7.26. The van der Waals surface area contributed by atoms with E-state index in [9.17, 15) is 0 Å². The summed E-state index contributed by atoms with van der Waals surface area (Å²) in [5.41, 5.74) is 4.42. The highest BCUT2D eigenvalue weighted by Crippen LogP contribution is 2.43. The molecule has 0 amide bonds. The number of fused-ring (bicyclic) bond motifs is 8. The van der Waals surface area contributed by atoms with Crippen molar-refractivity contribution in [2.45, 2.75) is 0 Å². The first-order valence-electron chi connectivity index (χ1n) is 15.3. The molecule has 0 radical (unpaired) electrons. The summed E-state index contributed by atoms with van der Waals surface area (Å²) in [7, 11) is 0. The molecule has 0 saturated heterocycles. The quantitative estimate of drug-likeness (QED) is 0.201. The molecule has 0 aliphatic heterocycles. The van der Waals surface area contributed by atoms with Crippen molar-refractivity contribution < 1.29 is 4.42 Å². The van der Waals surface area contributed by atoms with E-state index in [-0.39, 0.29) is 0 Å². The summed E-state index contributed by atoms with van der Waals surface area (Å²) < 4.78 is 9.01. The van der Waals surface area contributed by atoms with Crippen molar-refractivity contribution in [1.82, 2.24) is 15.0 Å². The van der Waals surface area contributed by atoms with Crippen LogP contribution in [-0.4, -0.2) is 15.0 Å². The van der Waals surface area contributed by atoms with Crippen LogP contribution >= 0.6 is 11.3 Å². The lowest BCUT2D eigenvalue weighted by Crippen LogP contribution is -2.01. The summed E-state index contributed by atoms with van der Waals surface area (Å²) in [6, 6.07) is 48.6. The van der Waals surface area contributed by atoms with Gasteiger partial charge in [-0.3, -0.25) is 0 Å². The minimum Gasteiger partial charge on any atom is -0.455 e. The molecule has 0 bridgehead atoms. The van der Waals surface area contributed by atoms with Gasteiger partial charge in [0.2, 0.25) is 0 Å². The molecule has 10 aromatic rings. The number of furan rings is 1. The van der Waals surface area contributed by atoms with Crippen LogP contribution < -0.4 is 0 Å². The van der Waals surface area contributed by atoms with Gasteiger partial charge < -0.3 is 4.42 Å². The topological polar surface area (TPSA) is 51.8 Å². The third kappa shape index (κ3) is 3.82. The van der Waals surface area contributed by atoms with E-state index < -0.39 is 0 Å². The van der Waals surface area contributed by atoms with Gasteiger partial charge in [0.05, 0.1) is 5.56 Å². The van der Waals surface area contributed by atoms with Gasteiger partial charge in [-0.1, -0.05) is 109 Å². The monoisotopic (exact) mass is 605 g/mol. The van der Waals surface area contributed by atoms with Gasteiger partial charge in [-0.2, -0.15) is 0 Å². The third-order valence-electron chi connectivity index (χ3n) is 8.90. The maximum absolute atomic E-state index is 6.61. The molecule has 0 spiro atoms. The number of hydrogen-bond donors (Lipinski definition) is 0. The van der Waals surface area contributed by atoms with Crippen molar-refractivity contribution in [2.75, 3.05) is 0 Å². The number of benzene rings is 7. The van der Waals surface area contributed by atoms with Gasteiger partial charge in [-0.25, -0.2) is 15.0 Å². The van der Waals surface area contributed by atoms with E-state index in [1.54, 1.807) is 11.3 Å². The van der Waals surface area contributed by atoms with Crippen molar-refractivity contribution in [2.24, 2.45) is 0 Å². The second kappa shape index (κ2) is 9.80. The molecule has 0 saturated carbocycles. The molecule has 7 aromatic carbocycles. The molecule has 0 aliphatic carbocycles. The van der Waals surface area contributed by atoms with E-state index in [4.69, 9.17) is 19.4 Å². The van der Waals surface area contributed by atoms with Gasteiger partial charge in [-0.15, -0.1) is 11.3 Å². The van der Waals surface area contributed by atoms with E-state index in [0.29, 0.717) is 17.5 Å². The molecular weight excluding hydrogens is 583 g/mol. The van der Waals surface area contributed by atoms with Gasteiger partial charge in [0.15, 0.2) is 17.5 Å². The molecule has 3 aromatic heterocycles. The van der Waals surface area contributed by atoms with E-state index in [1.165, 1.54) is 20.9 Å². The standard InChI is InChI=1S/C41H23N3OS/c1-2-11-25-22-27(21-20-24(25)10-1)39-42-40(32-17-9-16-31-30-15-6-8-19-35(30)46-38(31)32)44-41(43-39)36-28-13-4-3-12-26(28)23-33-29-14-5-7-18-34(29)45-37(33)36/h1-23H. The van der Waals surface area contributed by atoms with Crippen molar-refractivity contribution >= 4 is 75.0 Å². The fourth-order valence-corrected chi connectivity index (χ4v) is 7.95. The van der Waals surface area contributed by atoms with Crippen LogP contribution in [0.15, 0.2) is 144 Å². The van der Waals surface area contributed by atoms with Gasteiger partial charge in [-0.05, 0) is 51.9 Å². The second-order valence-electron chi connectivity index (χ2n) is 11.6. The molecule has 0 N–H and O–H groups in total. The number of rotatable bonds is 3. The Morgan fingerprint density at radius 1 is 0.457 bits per heavy atom. The summed E-state index contributed by atoms with van der Waals surface area (Å²) in [4.78, 5) is 15.7. The van der Waals surface area contributed by atoms with E-state index in [2.05, 4.69) is 127 Å². The second-order valence-corrected chi connectivity index (χ2v) is 12.6. The van der Waals surface area contributed by atoms with Crippen molar-refractivity contribution in [3.63, 3.8) is 0 Å². The highest BCUT2D eigenvalue weighted by Gasteiger charge is 2.22. The number of hydrogen-bond acceptors (Lipinski definition) is 5. The SMILES string of the molecule is c1ccc2cc(-c3nc(-c4c5ccccc5cc5c4oc4ccccc45)nc(-c4cccc5c4sc4ccccc45)n3)ccc2c1. The van der Waals surface area contributed by atoms with Gasteiger partial charge in [0, 0.05) is 42.1 Å². The Morgan fingerprint density at radius 2 is 1.15 bits per heavy atom. The number of aromatic nitrogens is 3. The smallest absolute Gasteiger partial charge is 0.168 e. The average Bonchev–Trinajstić information content (AvgIpc) is 3.68. The minimum atomic E-state index is 0.590. The zero-order chi connectivity index (χ0) is 30.2. The maximum atomic E-state index is 6.61. The average molecular weight is 606 g/mol. The Morgan fingerprint density at radius 3 is 2.07 bits per heavy atom. The number of nitrogens with zero attached hydrogens (tertiary/aromatic N) is 3. The molecule has 0 aliphatic rings. The normalized spacial score (nSPS) is 11.9. The maximum Gasteiger partial charge on any atom is 0.168 e. The van der Waals surface area contributed by atoms with Crippen molar-refractivity contribution in [1.29, 1.82) is 0 Å². The zero-order valence-electron chi connectivity index (χ0n) is 24.4. The molecule has 0 unspecified atom stereocenters. The summed E-state index contributed by atoms with van der Waals surface area (Å²) in [6.45, 7) is 0. The Hall–Kier alpha value is -5.91. The lowest BCUT2D eigenvalue weighted by molar-refractivity contribution is 0.670. The number of thiophene rings is 1.